The molecule has 3 rings (SSSR count). The highest BCUT2D eigenvalue weighted by Gasteiger charge is 2.37. The molecule has 0 radical (unpaired) electrons. The summed E-state index contributed by atoms with van der Waals surface area (Å²) in [6, 6.07) is 8.73. The zero-order valence-electron chi connectivity index (χ0n) is 15.6. The molecule has 1 N–H and O–H groups in total. The largest absolute Gasteiger partial charge is 0.419 e. The lowest BCUT2D eigenvalue weighted by molar-refractivity contribution is -0.137. The normalized spacial score (nSPS) is 15.7. The third-order valence-electron chi connectivity index (χ3n) is 4.92. The Morgan fingerprint density at radius 2 is 1.96 bits per heavy atom. The van der Waals surface area contributed by atoms with Gasteiger partial charge in [-0.1, -0.05) is 25.6 Å². The van der Waals surface area contributed by atoms with Crippen LogP contribution in [0.1, 0.15) is 37.9 Å². The lowest BCUT2D eigenvalue weighted by atomic mass is 9.98. The van der Waals surface area contributed by atoms with Crippen molar-refractivity contribution in [1.29, 1.82) is 0 Å². The summed E-state index contributed by atoms with van der Waals surface area (Å²) in [6.07, 6.45) is -1.25. The summed E-state index contributed by atoms with van der Waals surface area (Å²) >= 11 is 0. The van der Waals surface area contributed by atoms with E-state index in [9.17, 15) is 13.2 Å². The minimum absolute atomic E-state index is 0. The Balaban J connectivity index is 0.00000280. The van der Waals surface area contributed by atoms with Gasteiger partial charge in [-0.15, -0.1) is 0 Å². The van der Waals surface area contributed by atoms with Crippen LogP contribution in [-0.4, -0.2) is 18.1 Å². The van der Waals surface area contributed by atoms with Gasteiger partial charge < -0.3 is 10.2 Å². The lowest BCUT2D eigenvalue weighted by Crippen LogP contribution is -2.35. The number of anilines is 2. The fourth-order valence-corrected chi connectivity index (χ4v) is 3.27. The van der Waals surface area contributed by atoms with Crippen molar-refractivity contribution < 1.29 is 14.6 Å². The first kappa shape index (κ1) is 19.3. The van der Waals surface area contributed by atoms with Crippen LogP contribution in [0.5, 0.6) is 0 Å². The van der Waals surface area contributed by atoms with Crippen molar-refractivity contribution in [1.82, 2.24) is 4.98 Å². The van der Waals surface area contributed by atoms with Gasteiger partial charge in [0.25, 0.3) is 0 Å². The Kier molecular flexibility index (Phi) is 5.44. The van der Waals surface area contributed by atoms with Crippen molar-refractivity contribution in [3.05, 3.63) is 59.8 Å². The Bertz CT molecular complexity index is 828. The number of nitrogens with one attached hydrogen (secondary N) is 1. The van der Waals surface area contributed by atoms with E-state index in [0.717, 1.165) is 30.2 Å². The van der Waals surface area contributed by atoms with Crippen LogP contribution in [0.4, 0.5) is 24.7 Å². The van der Waals surface area contributed by atoms with Crippen LogP contribution < -0.4 is 10.2 Å². The topological polar surface area (TPSA) is 28.2 Å². The van der Waals surface area contributed by atoms with Crippen LogP contribution >= 0.6 is 0 Å². The Labute approximate surface area is 159 Å². The molecule has 0 atom stereocenters. The van der Waals surface area contributed by atoms with Crippen LogP contribution in [0.3, 0.4) is 0 Å². The second-order valence-electron chi connectivity index (χ2n) is 7.24. The summed E-state index contributed by atoms with van der Waals surface area (Å²) in [5, 5.41) is 3.07. The van der Waals surface area contributed by atoms with Gasteiger partial charge in [0.05, 0.1) is 5.56 Å². The quantitative estimate of drug-likeness (QED) is 0.711. The van der Waals surface area contributed by atoms with Gasteiger partial charge in [0, 0.05) is 37.7 Å². The van der Waals surface area contributed by atoms with E-state index in [2.05, 4.69) is 23.8 Å². The number of rotatable bonds is 4. The van der Waals surface area contributed by atoms with E-state index in [0.29, 0.717) is 30.3 Å². The molecule has 0 bridgehead atoms. The maximum absolute atomic E-state index is 13.7. The maximum atomic E-state index is 13.7. The fourth-order valence-electron chi connectivity index (χ4n) is 3.27. The first-order chi connectivity index (χ1) is 12.7. The van der Waals surface area contributed by atoms with Crippen molar-refractivity contribution in [2.75, 3.05) is 23.3 Å². The zero-order valence-corrected chi connectivity index (χ0v) is 15.6. The first-order valence-electron chi connectivity index (χ1n) is 9.09. The van der Waals surface area contributed by atoms with Gasteiger partial charge >= 0.3 is 6.18 Å². The molecule has 3 nitrogen and oxygen atoms in total. The van der Waals surface area contributed by atoms with Gasteiger partial charge in [-0.25, -0.2) is 4.98 Å². The summed E-state index contributed by atoms with van der Waals surface area (Å²) in [5.41, 5.74) is 1.84. The van der Waals surface area contributed by atoms with Gasteiger partial charge in [0.1, 0.15) is 5.82 Å². The Hall–Kier alpha value is -2.50. The van der Waals surface area contributed by atoms with E-state index >= 15 is 0 Å². The molecule has 1 aliphatic rings. The zero-order chi connectivity index (χ0) is 19.6. The van der Waals surface area contributed by atoms with Gasteiger partial charge in [0.2, 0.25) is 0 Å². The number of nitrogens with zero attached hydrogens (tertiary/aromatic N) is 2. The molecule has 1 fully saturated rings. The standard InChI is InChI=1S/C21H24F3N3.H2/c1-14-7-9-27(10-8-14)20-19(21(22,23)24)12-17(13-25-20)16(3)26-18-6-4-5-15(2)11-18;/h4-6,11-14,26H,3,7-10H2,1-2H3;1H. The molecule has 1 saturated heterocycles. The Morgan fingerprint density at radius 3 is 2.59 bits per heavy atom. The van der Waals surface area contributed by atoms with E-state index in [-0.39, 0.29) is 7.24 Å². The van der Waals surface area contributed by atoms with Crippen molar-refractivity contribution >= 4 is 17.2 Å². The molecule has 2 heterocycles. The van der Waals surface area contributed by atoms with E-state index < -0.39 is 11.7 Å². The monoisotopic (exact) mass is 377 g/mol. The minimum atomic E-state index is -4.47. The number of pyridine rings is 1. The third-order valence-corrected chi connectivity index (χ3v) is 4.92. The molecule has 0 unspecified atom stereocenters. The fraction of sp³-hybridized carbons (Fsp3) is 0.381. The average molecular weight is 377 g/mol. The van der Waals surface area contributed by atoms with E-state index in [1.807, 2.05) is 31.2 Å². The molecule has 146 valence electrons. The van der Waals surface area contributed by atoms with Crippen molar-refractivity contribution in [2.45, 2.75) is 32.9 Å². The smallest absolute Gasteiger partial charge is 0.356 e. The van der Waals surface area contributed by atoms with E-state index in [1.165, 1.54) is 6.20 Å². The number of benzene rings is 1. The second-order valence-corrected chi connectivity index (χ2v) is 7.24. The van der Waals surface area contributed by atoms with E-state index in [1.54, 1.807) is 4.90 Å². The summed E-state index contributed by atoms with van der Waals surface area (Å²) in [6.45, 7) is 9.16. The molecule has 1 aliphatic heterocycles. The van der Waals surface area contributed by atoms with Crippen LogP contribution in [0.25, 0.3) is 5.70 Å². The molecule has 0 amide bonds. The SMILES string of the molecule is C=C(Nc1cccc(C)c1)c1cnc(N2CCC(C)CC2)c(C(F)(F)F)c1.[HH]. The van der Waals surface area contributed by atoms with Gasteiger partial charge in [-0.05, 0) is 49.4 Å². The summed E-state index contributed by atoms with van der Waals surface area (Å²) in [4.78, 5) is 5.92. The number of piperidine rings is 1. The number of aryl methyl sites for hydroxylation is 1. The number of hydrogen-bond acceptors (Lipinski definition) is 3. The summed E-state index contributed by atoms with van der Waals surface area (Å²) in [5.74, 6) is 0.551. The highest BCUT2D eigenvalue weighted by Crippen LogP contribution is 2.38. The average Bonchev–Trinajstić information content (AvgIpc) is 2.61. The van der Waals surface area contributed by atoms with Crippen LogP contribution in [0.15, 0.2) is 43.1 Å². The summed E-state index contributed by atoms with van der Waals surface area (Å²) < 4.78 is 41.1. The van der Waals surface area contributed by atoms with Crippen LogP contribution in [0, 0.1) is 12.8 Å². The number of aromatic nitrogens is 1. The first-order valence-corrected chi connectivity index (χ1v) is 9.09. The van der Waals surface area contributed by atoms with Gasteiger partial charge in [-0.3, -0.25) is 0 Å². The predicted octanol–water partition coefficient (Wildman–Crippen LogP) is 5.97. The highest BCUT2D eigenvalue weighted by molar-refractivity contribution is 5.76. The maximum Gasteiger partial charge on any atom is 0.419 e. The molecule has 1 aromatic heterocycles. The molecular formula is C21H26F3N3. The molecular weight excluding hydrogens is 351 g/mol. The molecule has 2 aromatic rings. The van der Waals surface area contributed by atoms with Crippen molar-refractivity contribution in [2.24, 2.45) is 5.92 Å². The van der Waals surface area contributed by atoms with Crippen molar-refractivity contribution in [3.63, 3.8) is 0 Å². The molecule has 27 heavy (non-hydrogen) atoms. The summed E-state index contributed by atoms with van der Waals surface area (Å²) in [7, 11) is 0. The molecule has 0 saturated carbocycles. The Morgan fingerprint density at radius 1 is 1.26 bits per heavy atom. The second kappa shape index (κ2) is 7.62. The number of alkyl halides is 3. The minimum Gasteiger partial charge on any atom is -0.356 e. The number of halogens is 3. The van der Waals surface area contributed by atoms with Crippen molar-refractivity contribution in [3.8, 4) is 0 Å². The van der Waals surface area contributed by atoms with E-state index in [4.69, 9.17) is 0 Å². The number of hydrogen-bond donors (Lipinski definition) is 1. The molecule has 0 aliphatic carbocycles. The van der Waals surface area contributed by atoms with Gasteiger partial charge in [0.15, 0.2) is 0 Å². The predicted molar refractivity (Wildman–Crippen MR) is 106 cm³/mol. The third kappa shape index (κ3) is 4.62. The molecule has 0 spiro atoms. The van der Waals surface area contributed by atoms with Crippen LogP contribution in [0.2, 0.25) is 0 Å². The van der Waals surface area contributed by atoms with Crippen LogP contribution in [-0.2, 0) is 6.18 Å². The molecule has 6 heteroatoms. The lowest BCUT2D eigenvalue weighted by Gasteiger charge is -2.33. The molecule has 1 aromatic carbocycles. The highest BCUT2D eigenvalue weighted by atomic mass is 19.4. The van der Waals surface area contributed by atoms with Gasteiger partial charge in [-0.2, -0.15) is 13.2 Å².